The van der Waals surface area contributed by atoms with Gasteiger partial charge in [0.2, 0.25) is 5.91 Å². The van der Waals surface area contributed by atoms with Gasteiger partial charge in [-0.25, -0.2) is 8.78 Å². The van der Waals surface area contributed by atoms with E-state index < -0.39 is 11.4 Å². The first-order chi connectivity index (χ1) is 15.9. The molecule has 1 amide bonds. The lowest BCUT2D eigenvalue weighted by Gasteiger charge is -2.34. The number of amides is 1. The summed E-state index contributed by atoms with van der Waals surface area (Å²) >= 11 is 0. The fourth-order valence-electron chi connectivity index (χ4n) is 4.32. The number of nitrogens with zero attached hydrogens (tertiary/aromatic N) is 2. The van der Waals surface area contributed by atoms with Gasteiger partial charge in [-0.05, 0) is 60.7 Å². The molecular weight excluding hydrogens is 426 g/mol. The van der Waals surface area contributed by atoms with Crippen LogP contribution in [0.15, 0.2) is 53.8 Å². The van der Waals surface area contributed by atoms with Crippen LogP contribution < -0.4 is 15.8 Å². The lowest BCUT2D eigenvalue weighted by atomic mass is 9.97. The van der Waals surface area contributed by atoms with E-state index in [2.05, 4.69) is 16.9 Å². The average Bonchev–Trinajstić information content (AvgIpc) is 2.80. The minimum atomic E-state index is -0.547. The van der Waals surface area contributed by atoms with Gasteiger partial charge in [-0.15, -0.1) is 0 Å². The quantitative estimate of drug-likeness (QED) is 0.585. The topological polar surface area (TPSA) is 89.0 Å². The maximum atomic E-state index is 14.7. The van der Waals surface area contributed by atoms with Crippen LogP contribution in [0.3, 0.4) is 0 Å². The van der Waals surface area contributed by atoms with E-state index >= 15 is 0 Å². The Morgan fingerprint density at radius 3 is 2.55 bits per heavy atom. The van der Waals surface area contributed by atoms with Crippen LogP contribution in [-0.2, 0) is 11.2 Å². The van der Waals surface area contributed by atoms with Crippen LogP contribution in [0.4, 0.5) is 14.5 Å². The van der Waals surface area contributed by atoms with E-state index in [1.54, 1.807) is 12.1 Å². The van der Waals surface area contributed by atoms with Crippen molar-refractivity contribution < 1.29 is 13.6 Å². The predicted molar refractivity (Wildman–Crippen MR) is 122 cm³/mol. The van der Waals surface area contributed by atoms with Gasteiger partial charge in [0.15, 0.2) is 0 Å². The standard InChI is InChI=1S/C25H22F2N4O2/c1-2-22(32)29-19-7-9-31(10-8-19)24-20-13-18(27)12-16(11-15-3-5-17(26)6-4-15)23(20)30-25(33)21(24)14-28/h2-6,12-13,19H,1,7-11H2,(H,29,32)(H,30,33). The smallest absolute Gasteiger partial charge is 0.268 e. The number of hydrogen-bond acceptors (Lipinski definition) is 4. The van der Waals surface area contributed by atoms with Gasteiger partial charge >= 0.3 is 0 Å². The van der Waals surface area contributed by atoms with Gasteiger partial charge < -0.3 is 15.2 Å². The monoisotopic (exact) mass is 448 g/mol. The first-order valence-electron chi connectivity index (χ1n) is 10.6. The number of hydrogen-bond donors (Lipinski definition) is 2. The third-order valence-electron chi connectivity index (χ3n) is 5.90. The number of pyridine rings is 1. The molecule has 0 unspecified atom stereocenters. The Balaban J connectivity index is 1.76. The van der Waals surface area contributed by atoms with Gasteiger partial charge in [0.25, 0.3) is 5.56 Å². The van der Waals surface area contributed by atoms with E-state index in [1.165, 1.54) is 30.3 Å². The van der Waals surface area contributed by atoms with Gasteiger partial charge in [0.05, 0.1) is 11.2 Å². The predicted octanol–water partition coefficient (Wildman–Crippen LogP) is 3.54. The van der Waals surface area contributed by atoms with Gasteiger partial charge in [-0.1, -0.05) is 18.7 Å². The summed E-state index contributed by atoms with van der Waals surface area (Å²) in [4.78, 5) is 29.0. The molecule has 0 spiro atoms. The van der Waals surface area contributed by atoms with E-state index in [1.807, 2.05) is 11.0 Å². The lowest BCUT2D eigenvalue weighted by Crippen LogP contribution is -2.44. The summed E-state index contributed by atoms with van der Waals surface area (Å²) in [6, 6.07) is 10.5. The van der Waals surface area contributed by atoms with E-state index in [9.17, 15) is 23.6 Å². The molecule has 3 aromatic rings. The number of carbonyl (C=O) groups is 1. The normalized spacial score (nSPS) is 14.2. The van der Waals surface area contributed by atoms with Gasteiger partial charge in [-0.2, -0.15) is 5.26 Å². The van der Waals surface area contributed by atoms with Crippen molar-refractivity contribution in [2.45, 2.75) is 25.3 Å². The van der Waals surface area contributed by atoms with Crippen molar-refractivity contribution in [2.75, 3.05) is 18.0 Å². The van der Waals surface area contributed by atoms with Crippen LogP contribution >= 0.6 is 0 Å². The first-order valence-corrected chi connectivity index (χ1v) is 10.6. The number of nitriles is 1. The highest BCUT2D eigenvalue weighted by molar-refractivity contribution is 5.96. The fraction of sp³-hybridized carbons (Fsp3) is 0.240. The van der Waals surface area contributed by atoms with Crippen LogP contribution in [0.25, 0.3) is 10.9 Å². The molecule has 6 nitrogen and oxygen atoms in total. The fourth-order valence-corrected chi connectivity index (χ4v) is 4.32. The molecule has 0 aliphatic carbocycles. The summed E-state index contributed by atoms with van der Waals surface area (Å²) in [5, 5.41) is 13.0. The zero-order chi connectivity index (χ0) is 23.5. The number of nitrogens with one attached hydrogen (secondary N) is 2. The van der Waals surface area contributed by atoms with Crippen molar-refractivity contribution in [3.63, 3.8) is 0 Å². The first kappa shape index (κ1) is 22.2. The molecule has 1 fully saturated rings. The molecule has 0 bridgehead atoms. The van der Waals surface area contributed by atoms with Crippen LogP contribution in [0.5, 0.6) is 0 Å². The van der Waals surface area contributed by atoms with E-state index in [0.29, 0.717) is 48.1 Å². The van der Waals surface area contributed by atoms with Crippen molar-refractivity contribution in [3.8, 4) is 6.07 Å². The second-order valence-corrected chi connectivity index (χ2v) is 8.05. The highest BCUT2D eigenvalue weighted by atomic mass is 19.1. The largest absolute Gasteiger partial charge is 0.370 e. The van der Waals surface area contributed by atoms with Crippen molar-refractivity contribution in [3.05, 3.63) is 87.7 Å². The van der Waals surface area contributed by atoms with E-state index in [-0.39, 0.29) is 29.8 Å². The van der Waals surface area contributed by atoms with Crippen LogP contribution in [0.2, 0.25) is 0 Å². The number of halogens is 2. The summed E-state index contributed by atoms with van der Waals surface area (Å²) in [5.41, 5.74) is 1.51. The maximum absolute atomic E-state index is 14.7. The number of H-pyrrole nitrogens is 1. The SMILES string of the molecule is C=CC(=O)NC1CCN(c2c(C#N)c(=O)[nH]c3c(Cc4ccc(F)cc4)cc(F)cc23)CC1. The number of anilines is 1. The molecule has 1 aliphatic rings. The molecular formula is C25H22F2N4O2. The van der Waals surface area contributed by atoms with E-state index in [0.717, 1.165) is 5.56 Å². The average molecular weight is 448 g/mol. The zero-order valence-electron chi connectivity index (χ0n) is 17.8. The Labute approximate surface area is 189 Å². The molecule has 2 heterocycles. The second kappa shape index (κ2) is 9.25. The van der Waals surface area contributed by atoms with Gasteiger partial charge in [0.1, 0.15) is 23.3 Å². The Morgan fingerprint density at radius 1 is 1.21 bits per heavy atom. The minimum absolute atomic E-state index is 0.0451. The third-order valence-corrected chi connectivity index (χ3v) is 5.90. The Bertz CT molecular complexity index is 1320. The van der Waals surface area contributed by atoms with Crippen molar-refractivity contribution in [1.29, 1.82) is 5.26 Å². The Hall–Kier alpha value is -3.99. The number of aromatic amines is 1. The molecule has 2 aromatic carbocycles. The number of benzene rings is 2. The molecule has 1 aliphatic heterocycles. The Morgan fingerprint density at radius 2 is 1.91 bits per heavy atom. The third kappa shape index (κ3) is 4.62. The van der Waals surface area contributed by atoms with Crippen molar-refractivity contribution in [1.82, 2.24) is 10.3 Å². The number of fused-ring (bicyclic) bond motifs is 1. The van der Waals surface area contributed by atoms with Crippen LogP contribution in [-0.4, -0.2) is 30.0 Å². The van der Waals surface area contributed by atoms with Crippen molar-refractivity contribution >= 4 is 22.5 Å². The minimum Gasteiger partial charge on any atom is -0.370 e. The molecule has 0 saturated carbocycles. The number of piperidine rings is 1. The molecule has 33 heavy (non-hydrogen) atoms. The maximum Gasteiger partial charge on any atom is 0.268 e. The van der Waals surface area contributed by atoms with Crippen molar-refractivity contribution in [2.24, 2.45) is 0 Å². The van der Waals surface area contributed by atoms with Gasteiger partial charge in [0, 0.05) is 24.5 Å². The molecule has 1 saturated heterocycles. The highest BCUT2D eigenvalue weighted by Gasteiger charge is 2.26. The van der Waals surface area contributed by atoms with Crippen LogP contribution in [0.1, 0.15) is 29.5 Å². The van der Waals surface area contributed by atoms with Crippen LogP contribution in [0, 0.1) is 23.0 Å². The molecule has 4 rings (SSSR count). The summed E-state index contributed by atoms with van der Waals surface area (Å²) in [6.45, 7) is 4.43. The molecule has 0 atom stereocenters. The molecule has 168 valence electrons. The number of carbonyl (C=O) groups excluding carboxylic acids is 1. The summed E-state index contributed by atoms with van der Waals surface area (Å²) in [5.74, 6) is -1.12. The Kier molecular flexibility index (Phi) is 6.22. The molecule has 1 aromatic heterocycles. The summed E-state index contributed by atoms with van der Waals surface area (Å²) < 4.78 is 28.0. The van der Waals surface area contributed by atoms with Gasteiger partial charge in [-0.3, -0.25) is 9.59 Å². The number of rotatable bonds is 5. The molecule has 0 radical (unpaired) electrons. The summed E-state index contributed by atoms with van der Waals surface area (Å²) in [6.07, 6.45) is 2.72. The second-order valence-electron chi connectivity index (χ2n) is 8.05. The number of aromatic nitrogens is 1. The molecule has 8 heteroatoms. The summed E-state index contributed by atoms with van der Waals surface area (Å²) in [7, 11) is 0. The lowest BCUT2D eigenvalue weighted by molar-refractivity contribution is -0.117. The highest BCUT2D eigenvalue weighted by Crippen LogP contribution is 2.33. The van der Waals surface area contributed by atoms with E-state index in [4.69, 9.17) is 0 Å². The molecule has 2 N–H and O–H groups in total. The zero-order valence-corrected chi connectivity index (χ0v) is 17.8.